The van der Waals surface area contributed by atoms with E-state index in [-0.39, 0.29) is 12.8 Å². The number of benzene rings is 2. The maximum atomic E-state index is 12.5. The summed E-state index contributed by atoms with van der Waals surface area (Å²) >= 11 is 0. The molecule has 2 aromatic carbocycles. The molecule has 24 heavy (non-hydrogen) atoms. The van der Waals surface area contributed by atoms with Crippen molar-refractivity contribution in [3.8, 4) is 0 Å². The van der Waals surface area contributed by atoms with E-state index >= 15 is 0 Å². The molecular weight excluding hydrogens is 321 g/mol. The Bertz CT molecular complexity index is 739. The average Bonchev–Trinajstić information content (AvgIpc) is 2.54. The van der Waals surface area contributed by atoms with Gasteiger partial charge in [0.05, 0.1) is 0 Å². The van der Waals surface area contributed by atoms with E-state index in [9.17, 15) is 22.8 Å². The number of rotatable bonds is 5. The molecule has 0 aliphatic rings. The minimum Gasteiger partial charge on any atom is -0.359 e. The van der Waals surface area contributed by atoms with Crippen LogP contribution in [0.1, 0.15) is 12.0 Å². The first-order valence-corrected chi connectivity index (χ1v) is 7.36. The number of nitrogens with one attached hydrogen (secondary N) is 2. The van der Waals surface area contributed by atoms with E-state index < -0.39 is 24.0 Å². The van der Waals surface area contributed by atoms with Crippen LogP contribution in [0.2, 0.25) is 0 Å². The number of amides is 2. The Morgan fingerprint density at radius 2 is 1.75 bits per heavy atom. The van der Waals surface area contributed by atoms with Crippen molar-refractivity contribution in [2.24, 2.45) is 0 Å². The topological polar surface area (TPSA) is 58.2 Å². The summed E-state index contributed by atoms with van der Waals surface area (Å²) in [6.45, 7) is 0. The third kappa shape index (κ3) is 4.47. The summed E-state index contributed by atoms with van der Waals surface area (Å²) in [6.07, 6.45) is -5.10. The quantitative estimate of drug-likeness (QED) is 0.880. The summed E-state index contributed by atoms with van der Waals surface area (Å²) in [4.78, 5) is 22.8. The molecule has 0 saturated carbocycles. The Hall–Kier alpha value is -2.57. The van der Waals surface area contributed by atoms with Gasteiger partial charge in [0.1, 0.15) is 0 Å². The van der Waals surface area contributed by atoms with Crippen LogP contribution in [0.5, 0.6) is 0 Å². The smallest absolute Gasteiger partial charge is 0.359 e. The molecule has 0 fully saturated rings. The van der Waals surface area contributed by atoms with E-state index in [2.05, 4.69) is 5.32 Å². The fourth-order valence-corrected chi connectivity index (χ4v) is 2.50. The molecule has 0 spiro atoms. The van der Waals surface area contributed by atoms with Gasteiger partial charge >= 0.3 is 12.1 Å². The molecule has 2 amide bonds. The standard InChI is InChI=1S/C17H17F3N2O2/c1-21-15(23)10-13(22-16(24)17(18,19)20)9-12-7-4-6-11-5-2-3-8-14(11)12/h2-8,13H,9-10H2,1H3,(H,21,23)(H,22,24)/t13-/m1/s1. The molecule has 2 N–H and O–H groups in total. The molecule has 0 radical (unpaired) electrons. The zero-order valence-electron chi connectivity index (χ0n) is 13.0. The zero-order chi connectivity index (χ0) is 17.7. The van der Waals surface area contributed by atoms with Crippen molar-refractivity contribution in [3.63, 3.8) is 0 Å². The molecule has 7 heteroatoms. The second-order valence-electron chi connectivity index (χ2n) is 5.39. The van der Waals surface area contributed by atoms with Gasteiger partial charge in [0.15, 0.2) is 0 Å². The predicted molar refractivity (Wildman–Crippen MR) is 84.3 cm³/mol. The van der Waals surface area contributed by atoms with Gasteiger partial charge < -0.3 is 10.6 Å². The summed E-state index contributed by atoms with van der Waals surface area (Å²) in [6, 6.07) is 11.9. The second-order valence-corrected chi connectivity index (χ2v) is 5.39. The van der Waals surface area contributed by atoms with Crippen molar-refractivity contribution < 1.29 is 22.8 Å². The Labute approximate surface area is 137 Å². The van der Waals surface area contributed by atoms with Gasteiger partial charge in [-0.25, -0.2) is 0 Å². The van der Waals surface area contributed by atoms with E-state index in [0.717, 1.165) is 16.3 Å². The molecule has 0 aromatic heterocycles. The SMILES string of the molecule is CNC(=O)C[C@@H](Cc1cccc2ccccc12)NC(=O)C(F)(F)F. The minimum atomic E-state index is -4.99. The van der Waals surface area contributed by atoms with E-state index in [1.807, 2.05) is 35.6 Å². The van der Waals surface area contributed by atoms with Gasteiger partial charge in [-0.05, 0) is 22.8 Å². The van der Waals surface area contributed by atoms with Crippen molar-refractivity contribution in [1.29, 1.82) is 0 Å². The maximum absolute atomic E-state index is 12.5. The summed E-state index contributed by atoms with van der Waals surface area (Å²) in [5, 5.41) is 6.09. The minimum absolute atomic E-state index is 0.122. The summed E-state index contributed by atoms with van der Waals surface area (Å²) < 4.78 is 37.5. The normalized spacial score (nSPS) is 12.7. The largest absolute Gasteiger partial charge is 0.471 e. The first-order valence-electron chi connectivity index (χ1n) is 7.36. The van der Waals surface area contributed by atoms with Crippen LogP contribution in [-0.2, 0) is 16.0 Å². The Kier molecular flexibility index (Phi) is 5.43. The van der Waals surface area contributed by atoms with Crippen LogP contribution in [0.4, 0.5) is 13.2 Å². The molecule has 0 aliphatic carbocycles. The molecule has 1 atom stereocenters. The Morgan fingerprint density at radius 1 is 1.08 bits per heavy atom. The van der Waals surface area contributed by atoms with Gasteiger partial charge in [0, 0.05) is 19.5 Å². The van der Waals surface area contributed by atoms with Crippen LogP contribution in [-0.4, -0.2) is 31.1 Å². The Balaban J connectivity index is 2.26. The molecular formula is C17H17F3N2O2. The molecule has 0 bridgehead atoms. The molecule has 0 unspecified atom stereocenters. The van der Waals surface area contributed by atoms with Crippen LogP contribution in [0.3, 0.4) is 0 Å². The van der Waals surface area contributed by atoms with Crippen LogP contribution in [0.25, 0.3) is 10.8 Å². The van der Waals surface area contributed by atoms with Crippen LogP contribution in [0.15, 0.2) is 42.5 Å². The molecule has 2 rings (SSSR count). The Morgan fingerprint density at radius 3 is 2.42 bits per heavy atom. The molecule has 0 aliphatic heterocycles. The third-order valence-electron chi connectivity index (χ3n) is 3.65. The van der Waals surface area contributed by atoms with Gasteiger partial charge in [0.2, 0.25) is 5.91 Å². The molecule has 0 heterocycles. The number of fused-ring (bicyclic) bond motifs is 1. The molecule has 2 aromatic rings. The summed E-state index contributed by atoms with van der Waals surface area (Å²) in [5.74, 6) is -2.49. The summed E-state index contributed by atoms with van der Waals surface area (Å²) in [5.41, 5.74) is 0.768. The van der Waals surface area contributed by atoms with Crippen molar-refractivity contribution in [3.05, 3.63) is 48.0 Å². The third-order valence-corrected chi connectivity index (χ3v) is 3.65. The van der Waals surface area contributed by atoms with Crippen LogP contribution >= 0.6 is 0 Å². The number of hydrogen-bond acceptors (Lipinski definition) is 2. The predicted octanol–water partition coefficient (Wildman–Crippen LogP) is 2.57. The number of alkyl halides is 3. The lowest BCUT2D eigenvalue weighted by atomic mass is 9.97. The van der Waals surface area contributed by atoms with E-state index in [0.29, 0.717) is 0 Å². The van der Waals surface area contributed by atoms with Gasteiger partial charge in [-0.2, -0.15) is 13.2 Å². The van der Waals surface area contributed by atoms with Crippen molar-refractivity contribution in [2.75, 3.05) is 7.05 Å². The molecule has 4 nitrogen and oxygen atoms in total. The van der Waals surface area contributed by atoms with Crippen molar-refractivity contribution in [2.45, 2.75) is 25.1 Å². The highest BCUT2D eigenvalue weighted by Gasteiger charge is 2.39. The zero-order valence-corrected chi connectivity index (χ0v) is 13.0. The number of hydrogen-bond donors (Lipinski definition) is 2. The first-order chi connectivity index (χ1) is 11.3. The van der Waals surface area contributed by atoms with Crippen LogP contribution in [0, 0.1) is 0 Å². The first kappa shape index (κ1) is 17.8. The van der Waals surface area contributed by atoms with Crippen molar-refractivity contribution in [1.82, 2.24) is 10.6 Å². The summed E-state index contributed by atoms with van der Waals surface area (Å²) in [7, 11) is 1.39. The lowest BCUT2D eigenvalue weighted by Crippen LogP contribution is -2.45. The van der Waals surface area contributed by atoms with Crippen LogP contribution < -0.4 is 10.6 Å². The van der Waals surface area contributed by atoms with Crippen molar-refractivity contribution >= 4 is 22.6 Å². The number of halogens is 3. The highest BCUT2D eigenvalue weighted by atomic mass is 19.4. The molecule has 128 valence electrons. The highest BCUT2D eigenvalue weighted by molar-refractivity contribution is 5.86. The number of carbonyl (C=O) groups is 2. The lowest BCUT2D eigenvalue weighted by molar-refractivity contribution is -0.174. The van der Waals surface area contributed by atoms with E-state index in [1.165, 1.54) is 7.05 Å². The van der Waals surface area contributed by atoms with Gasteiger partial charge in [0.25, 0.3) is 0 Å². The molecule has 0 saturated heterocycles. The van der Waals surface area contributed by atoms with E-state index in [1.54, 1.807) is 12.1 Å². The average molecular weight is 338 g/mol. The van der Waals surface area contributed by atoms with Gasteiger partial charge in [-0.1, -0.05) is 42.5 Å². The fraction of sp³-hybridized carbons (Fsp3) is 0.294. The fourth-order valence-electron chi connectivity index (χ4n) is 2.50. The maximum Gasteiger partial charge on any atom is 0.471 e. The second kappa shape index (κ2) is 7.33. The van der Waals surface area contributed by atoms with Gasteiger partial charge in [-0.15, -0.1) is 0 Å². The lowest BCUT2D eigenvalue weighted by Gasteiger charge is -2.20. The highest BCUT2D eigenvalue weighted by Crippen LogP contribution is 2.21. The monoisotopic (exact) mass is 338 g/mol. The number of carbonyl (C=O) groups excluding carboxylic acids is 2. The van der Waals surface area contributed by atoms with E-state index in [4.69, 9.17) is 0 Å². The van der Waals surface area contributed by atoms with Gasteiger partial charge in [-0.3, -0.25) is 9.59 Å².